The van der Waals surface area contributed by atoms with Gasteiger partial charge in [0, 0.05) is 41.9 Å². The summed E-state index contributed by atoms with van der Waals surface area (Å²) in [5.41, 5.74) is 1.05. The maximum atomic E-state index is 14.6. The van der Waals surface area contributed by atoms with Crippen molar-refractivity contribution in [3.05, 3.63) is 95.6 Å². The highest BCUT2D eigenvalue weighted by Crippen LogP contribution is 2.44. The van der Waals surface area contributed by atoms with Crippen molar-refractivity contribution in [3.63, 3.8) is 0 Å². The van der Waals surface area contributed by atoms with Gasteiger partial charge in [-0.1, -0.05) is 18.2 Å². The molecule has 6 rings (SSSR count). The second-order valence-electron chi connectivity index (χ2n) is 12.9. The Bertz CT molecular complexity index is 1910. The number of aromatic nitrogens is 3. The summed E-state index contributed by atoms with van der Waals surface area (Å²) in [7, 11) is 2.69. The quantitative estimate of drug-likeness (QED) is 0.156. The smallest absolute Gasteiger partial charge is 0.416 e. The third-order valence-corrected chi connectivity index (χ3v) is 11.2. The fraction of sp³-hybridized carbons (Fsp3) is 0.417. The van der Waals surface area contributed by atoms with Crippen LogP contribution in [0, 0.1) is 0 Å². The number of pyridine rings is 1. The molecule has 0 bridgehead atoms. The highest BCUT2D eigenvalue weighted by Gasteiger charge is 2.39. The molecule has 2 aliphatic rings. The SMILES string of the molecule is COc1ccc(CN(c2ccncn2)S(=O)(=O)c2ccc(O[C@H]3CC[C@H](c4cccc(C(F)(F)F)c4)C[C@@H]3N(C)C)nc2C2CC2)c(OC)c1. The average molecular weight is 712 g/mol. The molecule has 2 saturated carbocycles. The Hall–Kier alpha value is -4.43. The van der Waals surface area contributed by atoms with Crippen molar-refractivity contribution in [2.75, 3.05) is 32.6 Å². The Morgan fingerprint density at radius 3 is 2.36 bits per heavy atom. The van der Waals surface area contributed by atoms with Gasteiger partial charge in [0.15, 0.2) is 0 Å². The van der Waals surface area contributed by atoms with Crippen LogP contribution in [0.4, 0.5) is 19.0 Å². The van der Waals surface area contributed by atoms with Crippen molar-refractivity contribution in [3.8, 4) is 17.4 Å². The molecule has 3 atom stereocenters. The van der Waals surface area contributed by atoms with E-state index in [1.807, 2.05) is 19.0 Å². The molecule has 2 heterocycles. The van der Waals surface area contributed by atoms with Crippen LogP contribution in [0.1, 0.15) is 66.3 Å². The van der Waals surface area contributed by atoms with Gasteiger partial charge >= 0.3 is 6.18 Å². The minimum atomic E-state index is -4.41. The third-order valence-electron chi connectivity index (χ3n) is 9.40. The number of anilines is 1. The number of nitrogens with zero attached hydrogens (tertiary/aromatic N) is 5. The van der Waals surface area contributed by atoms with E-state index in [-0.39, 0.29) is 41.2 Å². The summed E-state index contributed by atoms with van der Waals surface area (Å²) < 4.78 is 88.0. The van der Waals surface area contributed by atoms with E-state index >= 15 is 0 Å². The molecule has 2 aromatic heterocycles. The number of alkyl halides is 3. The van der Waals surface area contributed by atoms with Crippen LogP contribution in [0.3, 0.4) is 0 Å². The minimum absolute atomic E-state index is 0.0487. The second-order valence-corrected chi connectivity index (χ2v) is 14.7. The minimum Gasteiger partial charge on any atom is -0.497 e. The first-order chi connectivity index (χ1) is 23.9. The lowest BCUT2D eigenvalue weighted by atomic mass is 9.79. The number of benzene rings is 2. The normalized spacial score (nSPS) is 19.6. The van der Waals surface area contributed by atoms with E-state index in [0.29, 0.717) is 53.5 Å². The molecule has 0 aliphatic heterocycles. The lowest BCUT2D eigenvalue weighted by Crippen LogP contribution is -2.46. The number of halogens is 3. The van der Waals surface area contributed by atoms with Gasteiger partial charge in [0.1, 0.15) is 34.6 Å². The molecule has 0 radical (unpaired) electrons. The Morgan fingerprint density at radius 1 is 0.920 bits per heavy atom. The summed E-state index contributed by atoms with van der Waals surface area (Å²) in [5.74, 6) is 1.41. The largest absolute Gasteiger partial charge is 0.497 e. The van der Waals surface area contributed by atoms with Crippen LogP contribution in [0.25, 0.3) is 0 Å². The van der Waals surface area contributed by atoms with Crippen molar-refractivity contribution >= 4 is 15.8 Å². The summed E-state index contributed by atoms with van der Waals surface area (Å²) in [4.78, 5) is 15.1. The topological polar surface area (TPSA) is 107 Å². The molecule has 2 aromatic carbocycles. The van der Waals surface area contributed by atoms with Crippen molar-refractivity contribution in [2.45, 2.75) is 73.7 Å². The number of sulfonamides is 1. The molecule has 0 saturated heterocycles. The summed E-state index contributed by atoms with van der Waals surface area (Å²) >= 11 is 0. The van der Waals surface area contributed by atoms with E-state index in [9.17, 15) is 21.6 Å². The van der Waals surface area contributed by atoms with Gasteiger partial charge in [-0.3, -0.25) is 0 Å². The number of methoxy groups -OCH3 is 2. The standard InChI is InChI=1S/C36H40F3N5O5S/c1-43(2)29-19-25(24-6-5-7-27(18-24)36(37,38)39)11-13-30(29)49-34-15-14-32(35(42-34)23-8-9-23)50(45,46)44(33-16-17-40-22-41-33)21-26-10-12-28(47-3)20-31(26)48-4/h5-7,10,12,14-18,20,22-23,25,29-30H,8-9,11,13,19,21H2,1-4H3/t25-,29-,30-/m0/s1. The number of ether oxygens (including phenoxy) is 3. The zero-order valence-corrected chi connectivity index (χ0v) is 29.1. The van der Waals surface area contributed by atoms with Crippen LogP contribution < -0.4 is 18.5 Å². The van der Waals surface area contributed by atoms with Crippen LogP contribution in [-0.4, -0.2) is 68.7 Å². The Balaban J connectivity index is 1.28. The van der Waals surface area contributed by atoms with E-state index in [1.54, 1.807) is 36.4 Å². The van der Waals surface area contributed by atoms with E-state index in [2.05, 4.69) is 9.97 Å². The molecular weight excluding hydrogens is 671 g/mol. The Labute approximate surface area is 290 Å². The van der Waals surface area contributed by atoms with Gasteiger partial charge in [0.2, 0.25) is 5.88 Å². The highest BCUT2D eigenvalue weighted by atomic mass is 32.2. The van der Waals surface area contributed by atoms with Crippen molar-refractivity contribution in [1.29, 1.82) is 0 Å². The highest BCUT2D eigenvalue weighted by molar-refractivity contribution is 7.92. The average Bonchev–Trinajstić information content (AvgIpc) is 3.96. The number of hydrogen-bond acceptors (Lipinski definition) is 9. The molecule has 10 nitrogen and oxygen atoms in total. The van der Waals surface area contributed by atoms with Gasteiger partial charge in [0.05, 0.1) is 32.0 Å². The van der Waals surface area contributed by atoms with E-state index < -0.39 is 21.8 Å². The summed E-state index contributed by atoms with van der Waals surface area (Å²) in [6, 6.07) is 15.3. The van der Waals surface area contributed by atoms with Gasteiger partial charge in [-0.25, -0.2) is 27.7 Å². The van der Waals surface area contributed by atoms with Gasteiger partial charge < -0.3 is 19.1 Å². The maximum absolute atomic E-state index is 14.6. The lowest BCUT2D eigenvalue weighted by molar-refractivity contribution is -0.137. The number of rotatable bonds is 12. The molecular formula is C36H40F3N5O5S. The summed E-state index contributed by atoms with van der Waals surface area (Å²) in [6.07, 6.45) is 1.49. The van der Waals surface area contributed by atoms with Gasteiger partial charge in [0.25, 0.3) is 10.0 Å². The lowest BCUT2D eigenvalue weighted by Gasteiger charge is -2.39. The van der Waals surface area contributed by atoms with Crippen LogP contribution >= 0.6 is 0 Å². The molecule has 2 fully saturated rings. The zero-order chi connectivity index (χ0) is 35.6. The molecule has 266 valence electrons. The van der Waals surface area contributed by atoms with Gasteiger partial charge in [-0.15, -0.1) is 0 Å². The summed E-state index contributed by atoms with van der Waals surface area (Å²) in [6.45, 7) is -0.0749. The van der Waals surface area contributed by atoms with Crippen molar-refractivity contribution < 1.29 is 35.8 Å². The molecule has 0 N–H and O–H groups in total. The van der Waals surface area contributed by atoms with Crippen LogP contribution in [0.2, 0.25) is 0 Å². The molecule has 50 heavy (non-hydrogen) atoms. The first-order valence-corrected chi connectivity index (χ1v) is 17.8. The van der Waals surface area contributed by atoms with Crippen LogP contribution in [0.15, 0.2) is 78.1 Å². The third kappa shape index (κ3) is 7.65. The van der Waals surface area contributed by atoms with Crippen molar-refractivity contribution in [1.82, 2.24) is 19.9 Å². The second kappa shape index (κ2) is 14.4. The first kappa shape index (κ1) is 35.4. The predicted octanol–water partition coefficient (Wildman–Crippen LogP) is 6.83. The fourth-order valence-electron chi connectivity index (χ4n) is 6.58. The van der Waals surface area contributed by atoms with Gasteiger partial charge in [-0.2, -0.15) is 13.2 Å². The summed E-state index contributed by atoms with van der Waals surface area (Å²) in [5, 5.41) is 0. The number of hydrogen-bond donors (Lipinski definition) is 0. The van der Waals surface area contributed by atoms with Crippen LogP contribution in [0.5, 0.6) is 17.4 Å². The predicted molar refractivity (Wildman–Crippen MR) is 181 cm³/mol. The van der Waals surface area contributed by atoms with Crippen molar-refractivity contribution in [2.24, 2.45) is 0 Å². The molecule has 14 heteroatoms. The van der Waals surface area contributed by atoms with Crippen LogP contribution in [-0.2, 0) is 22.7 Å². The maximum Gasteiger partial charge on any atom is 0.416 e. The van der Waals surface area contributed by atoms with E-state index in [1.165, 1.54) is 49.2 Å². The number of likely N-dealkylation sites (N-methyl/N-ethyl adjacent to an activating group) is 1. The van der Waals surface area contributed by atoms with E-state index in [4.69, 9.17) is 19.2 Å². The molecule has 0 unspecified atom stereocenters. The molecule has 0 spiro atoms. The molecule has 0 amide bonds. The monoisotopic (exact) mass is 711 g/mol. The Kier molecular flexibility index (Phi) is 10.2. The van der Waals surface area contributed by atoms with E-state index in [0.717, 1.165) is 18.9 Å². The molecule has 4 aromatic rings. The Morgan fingerprint density at radius 2 is 1.70 bits per heavy atom. The zero-order valence-electron chi connectivity index (χ0n) is 28.3. The van der Waals surface area contributed by atoms with Gasteiger partial charge in [-0.05, 0) is 81.9 Å². The molecule has 2 aliphatic carbocycles. The fourth-order valence-corrected chi connectivity index (χ4v) is 8.20. The first-order valence-electron chi connectivity index (χ1n) is 16.4.